The quantitative estimate of drug-likeness (QED) is 0.234. The van der Waals surface area contributed by atoms with E-state index >= 15 is 0 Å². The molecule has 1 amide bonds. The largest absolute Gasteiger partial charge is 0.444 e. The molecule has 31 heavy (non-hydrogen) atoms. The minimum atomic E-state index is -0.818. The van der Waals surface area contributed by atoms with Gasteiger partial charge in [0.1, 0.15) is 17.4 Å². The highest BCUT2D eigenvalue weighted by Gasteiger charge is 2.50. The predicted octanol–water partition coefficient (Wildman–Crippen LogP) is 6.98. The summed E-state index contributed by atoms with van der Waals surface area (Å²) in [6.07, 6.45) is 19.1. The normalized spacial score (nSPS) is 21.2. The van der Waals surface area contributed by atoms with E-state index in [1.807, 2.05) is 40.7 Å². The van der Waals surface area contributed by atoms with Crippen molar-refractivity contribution in [1.82, 2.24) is 4.90 Å². The lowest BCUT2D eigenvalue weighted by Crippen LogP contribution is -2.51. The number of ether oxygens (including phenoxy) is 2. The maximum Gasteiger partial charge on any atom is 0.413 e. The standard InChI is InChI=1S/C26H49NO4/c1-7-8-9-10-11-12-13-14-15-16-17-18-19-20-23-22(21-28)27(26(5,6)30-23)24(29)31-25(2,3)4/h19-20,22-23,28H,7-18,21H2,1-6H3/b20-19+/t22-,23-/m1/s1. The van der Waals surface area contributed by atoms with Crippen LogP contribution in [0.25, 0.3) is 0 Å². The Morgan fingerprint density at radius 1 is 1.00 bits per heavy atom. The van der Waals surface area contributed by atoms with Gasteiger partial charge in [0.05, 0.1) is 12.6 Å². The van der Waals surface area contributed by atoms with Gasteiger partial charge in [-0.25, -0.2) is 4.79 Å². The first-order valence-electron chi connectivity index (χ1n) is 12.6. The van der Waals surface area contributed by atoms with Gasteiger partial charge in [-0.15, -0.1) is 0 Å². The Kier molecular flexibility index (Phi) is 12.8. The number of nitrogens with zero attached hydrogens (tertiary/aromatic N) is 1. The van der Waals surface area contributed by atoms with E-state index < -0.39 is 23.5 Å². The van der Waals surface area contributed by atoms with Crippen molar-refractivity contribution in [1.29, 1.82) is 0 Å². The van der Waals surface area contributed by atoms with Gasteiger partial charge in [-0.2, -0.15) is 0 Å². The van der Waals surface area contributed by atoms with Crippen molar-refractivity contribution in [2.75, 3.05) is 6.61 Å². The fourth-order valence-corrected chi connectivity index (χ4v) is 4.19. The lowest BCUT2D eigenvalue weighted by molar-refractivity contribution is -0.0724. The van der Waals surface area contributed by atoms with Crippen molar-refractivity contribution in [3.8, 4) is 0 Å². The molecule has 1 aliphatic rings. The lowest BCUT2D eigenvalue weighted by Gasteiger charge is -2.34. The van der Waals surface area contributed by atoms with Crippen molar-refractivity contribution in [2.45, 2.75) is 142 Å². The van der Waals surface area contributed by atoms with E-state index in [4.69, 9.17) is 9.47 Å². The molecule has 182 valence electrons. The highest BCUT2D eigenvalue weighted by Crippen LogP contribution is 2.34. The second-order valence-corrected chi connectivity index (χ2v) is 10.4. The van der Waals surface area contributed by atoms with Gasteiger partial charge >= 0.3 is 6.09 Å². The third kappa shape index (κ3) is 10.9. The minimum Gasteiger partial charge on any atom is -0.444 e. The Bertz CT molecular complexity index is 524. The molecule has 0 aromatic rings. The van der Waals surface area contributed by atoms with Crippen LogP contribution in [0.15, 0.2) is 12.2 Å². The van der Waals surface area contributed by atoms with E-state index in [9.17, 15) is 9.90 Å². The zero-order valence-corrected chi connectivity index (χ0v) is 21.1. The molecule has 0 bridgehead atoms. The number of amides is 1. The monoisotopic (exact) mass is 439 g/mol. The fourth-order valence-electron chi connectivity index (χ4n) is 4.19. The van der Waals surface area contributed by atoms with Gasteiger partial charge in [-0.3, -0.25) is 4.90 Å². The Balaban J connectivity index is 2.30. The zero-order valence-electron chi connectivity index (χ0n) is 21.1. The number of aliphatic hydroxyl groups excluding tert-OH is 1. The van der Waals surface area contributed by atoms with E-state index in [0.717, 1.165) is 6.42 Å². The van der Waals surface area contributed by atoms with E-state index in [1.165, 1.54) is 75.5 Å². The lowest BCUT2D eigenvalue weighted by atomic mass is 10.0. The van der Waals surface area contributed by atoms with E-state index in [2.05, 4.69) is 13.0 Å². The first-order chi connectivity index (χ1) is 14.6. The Morgan fingerprint density at radius 2 is 1.52 bits per heavy atom. The van der Waals surface area contributed by atoms with Gasteiger partial charge in [-0.1, -0.05) is 83.3 Å². The van der Waals surface area contributed by atoms with Gasteiger partial charge in [-0.05, 0) is 47.5 Å². The number of carbonyl (C=O) groups excluding carboxylic acids is 1. The van der Waals surface area contributed by atoms with Gasteiger partial charge in [0, 0.05) is 0 Å². The van der Waals surface area contributed by atoms with Gasteiger partial charge in [0.15, 0.2) is 0 Å². The summed E-state index contributed by atoms with van der Waals surface area (Å²) in [6, 6.07) is -0.432. The van der Waals surface area contributed by atoms with Crippen LogP contribution in [0.2, 0.25) is 0 Å². The van der Waals surface area contributed by atoms with Gasteiger partial charge < -0.3 is 14.6 Å². The molecule has 1 aliphatic heterocycles. The number of unbranched alkanes of at least 4 members (excludes halogenated alkanes) is 11. The molecule has 1 rings (SSSR count). The highest BCUT2D eigenvalue weighted by molar-refractivity contribution is 5.70. The third-order valence-corrected chi connectivity index (χ3v) is 5.79. The van der Waals surface area contributed by atoms with Crippen molar-refractivity contribution in [3.05, 3.63) is 12.2 Å². The SMILES string of the molecule is CCCCCCCCCCCCC/C=C/[C@H]1OC(C)(C)N(C(=O)OC(C)(C)C)[C@@H]1CO. The highest BCUT2D eigenvalue weighted by atomic mass is 16.6. The molecule has 0 aromatic heterocycles. The molecular weight excluding hydrogens is 390 g/mol. The topological polar surface area (TPSA) is 59.0 Å². The van der Waals surface area contributed by atoms with Crippen LogP contribution < -0.4 is 0 Å². The summed E-state index contributed by atoms with van der Waals surface area (Å²) in [7, 11) is 0. The van der Waals surface area contributed by atoms with Crippen LogP contribution >= 0.6 is 0 Å². The molecule has 2 atom stereocenters. The number of allylic oxidation sites excluding steroid dienone is 1. The van der Waals surface area contributed by atoms with Crippen LogP contribution in [0.1, 0.15) is 119 Å². The van der Waals surface area contributed by atoms with Gasteiger partial charge in [0.2, 0.25) is 0 Å². The van der Waals surface area contributed by atoms with Gasteiger partial charge in [0.25, 0.3) is 0 Å². The average molecular weight is 440 g/mol. The third-order valence-electron chi connectivity index (χ3n) is 5.79. The second-order valence-electron chi connectivity index (χ2n) is 10.4. The average Bonchev–Trinajstić information content (AvgIpc) is 2.93. The van der Waals surface area contributed by atoms with Crippen LogP contribution in [0.5, 0.6) is 0 Å². The number of aliphatic hydroxyl groups is 1. The van der Waals surface area contributed by atoms with Crippen LogP contribution in [0.3, 0.4) is 0 Å². The summed E-state index contributed by atoms with van der Waals surface area (Å²) in [4.78, 5) is 14.2. The number of hydrogen-bond donors (Lipinski definition) is 1. The maximum atomic E-state index is 12.7. The van der Waals surface area contributed by atoms with Crippen LogP contribution in [0.4, 0.5) is 4.79 Å². The minimum absolute atomic E-state index is 0.157. The molecule has 0 radical (unpaired) electrons. The van der Waals surface area contributed by atoms with Crippen LogP contribution in [0, 0.1) is 0 Å². The molecule has 0 unspecified atom stereocenters. The molecule has 0 aliphatic carbocycles. The molecule has 5 nitrogen and oxygen atoms in total. The Labute approximate surface area is 191 Å². The number of carbonyl (C=O) groups is 1. The fraction of sp³-hybridized carbons (Fsp3) is 0.885. The van der Waals surface area contributed by atoms with Crippen LogP contribution in [-0.2, 0) is 9.47 Å². The first kappa shape index (κ1) is 28.0. The molecule has 1 N–H and O–H groups in total. The molecule has 1 saturated heterocycles. The summed E-state index contributed by atoms with van der Waals surface area (Å²) in [5, 5.41) is 9.93. The van der Waals surface area contributed by atoms with E-state index in [0.29, 0.717) is 0 Å². The number of hydrogen-bond acceptors (Lipinski definition) is 4. The summed E-state index contributed by atoms with van der Waals surface area (Å²) in [6.45, 7) is 11.3. The molecule has 0 saturated carbocycles. The Morgan fingerprint density at radius 3 is 2.00 bits per heavy atom. The molecule has 0 spiro atoms. The summed E-state index contributed by atoms with van der Waals surface area (Å²) in [5.74, 6) is 0. The summed E-state index contributed by atoms with van der Waals surface area (Å²) in [5.41, 5.74) is -1.41. The zero-order chi connectivity index (χ0) is 23.3. The maximum absolute atomic E-state index is 12.7. The van der Waals surface area contributed by atoms with Crippen molar-refractivity contribution in [2.24, 2.45) is 0 Å². The van der Waals surface area contributed by atoms with Crippen LogP contribution in [-0.4, -0.2) is 46.2 Å². The summed E-state index contributed by atoms with van der Waals surface area (Å²) >= 11 is 0. The smallest absolute Gasteiger partial charge is 0.413 e. The first-order valence-corrected chi connectivity index (χ1v) is 12.6. The Hall–Kier alpha value is -1.07. The predicted molar refractivity (Wildman–Crippen MR) is 128 cm³/mol. The van der Waals surface area contributed by atoms with Crippen molar-refractivity contribution < 1.29 is 19.4 Å². The molecule has 1 heterocycles. The van der Waals surface area contributed by atoms with E-state index in [-0.39, 0.29) is 12.7 Å². The van der Waals surface area contributed by atoms with E-state index in [1.54, 1.807) is 0 Å². The molecular formula is C26H49NO4. The molecule has 5 heteroatoms. The van der Waals surface area contributed by atoms with Crippen molar-refractivity contribution >= 4 is 6.09 Å². The number of rotatable bonds is 14. The second kappa shape index (κ2) is 14.2. The molecule has 0 aromatic carbocycles. The summed E-state index contributed by atoms with van der Waals surface area (Å²) < 4.78 is 11.6. The molecule has 1 fully saturated rings. The van der Waals surface area contributed by atoms with Crippen molar-refractivity contribution in [3.63, 3.8) is 0 Å².